The van der Waals surface area contributed by atoms with Crippen LogP contribution in [-0.4, -0.2) is 11.6 Å². The smallest absolute Gasteiger partial charge is 0.0990 e. The van der Waals surface area contributed by atoms with Gasteiger partial charge in [0.2, 0.25) is 0 Å². The second kappa shape index (κ2) is 7.22. The van der Waals surface area contributed by atoms with Crippen LogP contribution in [0.2, 0.25) is 0 Å². The molecule has 2 aliphatic heterocycles. The first kappa shape index (κ1) is 17.4. The zero-order valence-electron chi connectivity index (χ0n) is 16.1. The quantitative estimate of drug-likeness (QED) is 0.812. The standard InChI is InChI=1S/C22H29N3/c1-6-20-21(7-2)25(22-17(4)12-16(3)13-18(22)5)15-24(20)14-19-10-8-9-11-23-19/h8-14,23H,6-7,15H2,1-5H3/b19-14-. The van der Waals surface area contributed by atoms with E-state index in [1.807, 2.05) is 12.3 Å². The molecule has 0 fully saturated rings. The molecule has 0 unspecified atom stereocenters. The van der Waals surface area contributed by atoms with E-state index in [0.29, 0.717) is 0 Å². The Bertz CT molecular complexity index is 757. The lowest BCUT2D eigenvalue weighted by molar-refractivity contribution is 0.489. The molecule has 25 heavy (non-hydrogen) atoms. The number of allylic oxidation sites excluding steroid dienone is 5. The fraction of sp³-hybridized carbons (Fsp3) is 0.364. The maximum atomic E-state index is 3.32. The van der Waals surface area contributed by atoms with Gasteiger partial charge in [0.05, 0.1) is 12.4 Å². The lowest BCUT2D eigenvalue weighted by atomic mass is 10.0. The number of dihydropyridines is 1. The highest BCUT2D eigenvalue weighted by Gasteiger charge is 2.28. The van der Waals surface area contributed by atoms with Crippen molar-refractivity contribution >= 4 is 5.69 Å². The van der Waals surface area contributed by atoms with E-state index in [2.05, 4.69) is 80.2 Å². The highest BCUT2D eigenvalue weighted by atomic mass is 15.4. The van der Waals surface area contributed by atoms with Gasteiger partial charge in [0.15, 0.2) is 0 Å². The van der Waals surface area contributed by atoms with Crippen LogP contribution < -0.4 is 10.2 Å². The lowest BCUT2D eigenvalue weighted by Gasteiger charge is -2.27. The summed E-state index contributed by atoms with van der Waals surface area (Å²) in [6.07, 6.45) is 12.5. The summed E-state index contributed by atoms with van der Waals surface area (Å²) in [5.74, 6) is 0. The van der Waals surface area contributed by atoms with E-state index in [0.717, 1.165) is 25.2 Å². The number of aryl methyl sites for hydroxylation is 3. The molecule has 0 saturated carbocycles. The Morgan fingerprint density at radius 1 is 1.00 bits per heavy atom. The van der Waals surface area contributed by atoms with E-state index in [1.54, 1.807) is 0 Å². The summed E-state index contributed by atoms with van der Waals surface area (Å²) in [4.78, 5) is 4.89. The second-order valence-corrected chi connectivity index (χ2v) is 6.83. The van der Waals surface area contributed by atoms with Gasteiger partial charge in [0, 0.05) is 29.5 Å². The average Bonchev–Trinajstić information content (AvgIpc) is 2.91. The first-order valence-electron chi connectivity index (χ1n) is 9.20. The summed E-state index contributed by atoms with van der Waals surface area (Å²) in [6, 6.07) is 4.58. The molecule has 1 N–H and O–H groups in total. The van der Waals surface area contributed by atoms with Gasteiger partial charge in [-0.25, -0.2) is 0 Å². The highest BCUT2D eigenvalue weighted by molar-refractivity contribution is 5.65. The van der Waals surface area contributed by atoms with Crippen molar-refractivity contribution in [3.05, 3.63) is 76.5 Å². The van der Waals surface area contributed by atoms with Crippen LogP contribution in [0.25, 0.3) is 0 Å². The van der Waals surface area contributed by atoms with Crippen molar-refractivity contribution in [1.82, 2.24) is 10.2 Å². The van der Waals surface area contributed by atoms with Crippen LogP contribution >= 0.6 is 0 Å². The fourth-order valence-electron chi connectivity index (χ4n) is 4.02. The van der Waals surface area contributed by atoms with Gasteiger partial charge in [-0.1, -0.05) is 37.6 Å². The summed E-state index contributed by atoms with van der Waals surface area (Å²) in [5.41, 5.74) is 9.38. The summed E-state index contributed by atoms with van der Waals surface area (Å²) in [7, 11) is 0. The van der Waals surface area contributed by atoms with E-state index in [-0.39, 0.29) is 0 Å². The van der Waals surface area contributed by atoms with Gasteiger partial charge in [-0.2, -0.15) is 0 Å². The van der Waals surface area contributed by atoms with Crippen LogP contribution in [0, 0.1) is 20.8 Å². The molecule has 0 radical (unpaired) electrons. The maximum absolute atomic E-state index is 3.32. The zero-order chi connectivity index (χ0) is 18.0. The van der Waals surface area contributed by atoms with E-state index in [4.69, 9.17) is 0 Å². The Morgan fingerprint density at radius 2 is 1.68 bits per heavy atom. The molecule has 0 bridgehead atoms. The van der Waals surface area contributed by atoms with Crippen molar-refractivity contribution in [3.8, 4) is 0 Å². The Morgan fingerprint density at radius 3 is 2.24 bits per heavy atom. The van der Waals surface area contributed by atoms with Crippen molar-refractivity contribution in [2.75, 3.05) is 11.6 Å². The fourth-order valence-corrected chi connectivity index (χ4v) is 4.02. The van der Waals surface area contributed by atoms with E-state index < -0.39 is 0 Å². The first-order valence-corrected chi connectivity index (χ1v) is 9.20. The average molecular weight is 335 g/mol. The van der Waals surface area contributed by atoms with Crippen molar-refractivity contribution in [2.24, 2.45) is 0 Å². The van der Waals surface area contributed by atoms with Crippen molar-refractivity contribution in [1.29, 1.82) is 0 Å². The predicted octanol–water partition coefficient (Wildman–Crippen LogP) is 5.24. The third-order valence-corrected chi connectivity index (χ3v) is 4.90. The van der Waals surface area contributed by atoms with Gasteiger partial charge >= 0.3 is 0 Å². The van der Waals surface area contributed by atoms with Gasteiger partial charge in [-0.15, -0.1) is 0 Å². The van der Waals surface area contributed by atoms with E-state index >= 15 is 0 Å². The normalized spacial score (nSPS) is 18.5. The highest BCUT2D eigenvalue weighted by Crippen LogP contribution is 2.37. The molecule has 0 saturated heterocycles. The van der Waals surface area contributed by atoms with Crippen LogP contribution in [0.3, 0.4) is 0 Å². The monoisotopic (exact) mass is 335 g/mol. The Kier molecular flexibility index (Phi) is 5.03. The van der Waals surface area contributed by atoms with E-state index in [1.165, 1.54) is 33.8 Å². The van der Waals surface area contributed by atoms with Crippen LogP contribution in [0.5, 0.6) is 0 Å². The minimum Gasteiger partial charge on any atom is -0.361 e. The number of rotatable bonds is 4. The number of hydrogen-bond donors (Lipinski definition) is 1. The molecule has 0 aromatic heterocycles. The SMILES string of the molecule is CCC1=C(CC)N(c2c(C)cc(C)cc2C)CN1/C=C1/C=CC=CN1. The molecule has 1 aromatic rings. The summed E-state index contributed by atoms with van der Waals surface area (Å²) in [6.45, 7) is 12.0. The molecule has 0 spiro atoms. The van der Waals surface area contributed by atoms with Crippen LogP contribution in [0.15, 0.2) is 59.9 Å². The van der Waals surface area contributed by atoms with Crippen LogP contribution in [0.1, 0.15) is 43.4 Å². The largest absolute Gasteiger partial charge is 0.361 e. The molecule has 0 atom stereocenters. The van der Waals surface area contributed by atoms with E-state index in [9.17, 15) is 0 Å². The van der Waals surface area contributed by atoms with Crippen LogP contribution in [-0.2, 0) is 0 Å². The molecule has 3 nitrogen and oxygen atoms in total. The summed E-state index contributed by atoms with van der Waals surface area (Å²) >= 11 is 0. The third kappa shape index (κ3) is 3.37. The molecule has 0 aliphatic carbocycles. The molecule has 3 heteroatoms. The predicted molar refractivity (Wildman–Crippen MR) is 107 cm³/mol. The van der Waals surface area contributed by atoms with Crippen molar-refractivity contribution in [3.63, 3.8) is 0 Å². The third-order valence-electron chi connectivity index (χ3n) is 4.90. The Balaban J connectivity index is 2.01. The number of hydrogen-bond acceptors (Lipinski definition) is 3. The number of nitrogens with one attached hydrogen (secondary N) is 1. The van der Waals surface area contributed by atoms with Gasteiger partial charge < -0.3 is 15.1 Å². The Labute approximate surface area is 152 Å². The minimum atomic E-state index is 0.875. The number of nitrogens with zero attached hydrogens (tertiary/aromatic N) is 2. The number of benzene rings is 1. The molecule has 0 amide bonds. The van der Waals surface area contributed by atoms with Gasteiger partial charge in [0.25, 0.3) is 0 Å². The summed E-state index contributed by atoms with van der Waals surface area (Å²) in [5, 5.41) is 3.32. The van der Waals surface area contributed by atoms with Gasteiger partial charge in [-0.3, -0.25) is 0 Å². The van der Waals surface area contributed by atoms with Crippen LogP contribution in [0.4, 0.5) is 5.69 Å². The first-order chi connectivity index (χ1) is 12.0. The summed E-state index contributed by atoms with van der Waals surface area (Å²) < 4.78 is 0. The molecular formula is C22H29N3. The molecular weight excluding hydrogens is 306 g/mol. The lowest BCUT2D eigenvalue weighted by Crippen LogP contribution is -2.26. The maximum Gasteiger partial charge on any atom is 0.0990 e. The van der Waals surface area contributed by atoms with Crippen molar-refractivity contribution in [2.45, 2.75) is 47.5 Å². The number of anilines is 1. The molecule has 2 heterocycles. The Hall–Kier alpha value is -2.42. The molecule has 3 rings (SSSR count). The van der Waals surface area contributed by atoms with Crippen molar-refractivity contribution < 1.29 is 0 Å². The topological polar surface area (TPSA) is 18.5 Å². The zero-order valence-corrected chi connectivity index (χ0v) is 16.1. The van der Waals surface area contributed by atoms with Gasteiger partial charge in [0.1, 0.15) is 0 Å². The molecule has 132 valence electrons. The molecule has 2 aliphatic rings. The molecule has 1 aromatic carbocycles. The second-order valence-electron chi connectivity index (χ2n) is 6.83. The minimum absolute atomic E-state index is 0.875. The van der Waals surface area contributed by atoms with Gasteiger partial charge in [-0.05, 0) is 56.9 Å².